The molecule has 1 fully saturated rings. The highest BCUT2D eigenvalue weighted by atomic mass is 16.6. The van der Waals surface area contributed by atoms with Crippen molar-refractivity contribution in [2.45, 2.75) is 26.4 Å². The number of nitrogens with zero attached hydrogens (tertiary/aromatic N) is 2. The van der Waals surface area contributed by atoms with Crippen LogP contribution in [-0.2, 0) is 4.74 Å². The third-order valence-electron chi connectivity index (χ3n) is 3.90. The van der Waals surface area contributed by atoms with Gasteiger partial charge in [-0.1, -0.05) is 0 Å². The van der Waals surface area contributed by atoms with Gasteiger partial charge in [-0.3, -0.25) is 0 Å². The molecule has 0 bridgehead atoms. The summed E-state index contributed by atoms with van der Waals surface area (Å²) >= 11 is 0. The number of rotatable bonds is 1. The maximum absolute atomic E-state index is 12.1. The molecule has 1 aliphatic rings. The molecule has 1 aromatic heterocycles. The maximum Gasteiger partial charge on any atom is 0.410 e. The van der Waals surface area contributed by atoms with E-state index < -0.39 is 5.60 Å². The van der Waals surface area contributed by atoms with Crippen molar-refractivity contribution < 1.29 is 13.9 Å². The van der Waals surface area contributed by atoms with Gasteiger partial charge in [0, 0.05) is 49.4 Å². The minimum absolute atomic E-state index is 0.272. The third-order valence-corrected chi connectivity index (χ3v) is 3.90. The number of ether oxygens (including phenoxy) is 1. The Kier molecular flexibility index (Phi) is 4.22. The van der Waals surface area contributed by atoms with E-state index in [0.717, 1.165) is 11.1 Å². The van der Waals surface area contributed by atoms with Crippen molar-refractivity contribution in [2.75, 3.05) is 31.1 Å². The number of carbonyl (C=O) groups is 1. The molecule has 1 amide bonds. The van der Waals surface area contributed by atoms with Crippen molar-refractivity contribution in [3.05, 3.63) is 40.8 Å². The van der Waals surface area contributed by atoms with Crippen LogP contribution < -0.4 is 10.5 Å². The van der Waals surface area contributed by atoms with Crippen LogP contribution in [0.3, 0.4) is 0 Å². The maximum atomic E-state index is 12.1. The van der Waals surface area contributed by atoms with Gasteiger partial charge in [0.2, 0.25) is 0 Å². The zero-order valence-corrected chi connectivity index (χ0v) is 14.2. The fraction of sp³-hybridized carbons (Fsp3) is 0.444. The van der Waals surface area contributed by atoms with Crippen molar-refractivity contribution in [1.29, 1.82) is 0 Å². The first-order chi connectivity index (χ1) is 11.3. The van der Waals surface area contributed by atoms with Gasteiger partial charge < -0.3 is 19.0 Å². The Hall–Kier alpha value is -2.50. The lowest BCUT2D eigenvalue weighted by Crippen LogP contribution is -2.50. The van der Waals surface area contributed by atoms with E-state index in [1.807, 2.05) is 39.0 Å². The number of fused-ring (bicyclic) bond motifs is 1. The lowest BCUT2D eigenvalue weighted by Gasteiger charge is -2.36. The van der Waals surface area contributed by atoms with E-state index in [1.165, 1.54) is 6.07 Å². The second-order valence-corrected chi connectivity index (χ2v) is 6.93. The van der Waals surface area contributed by atoms with Gasteiger partial charge >= 0.3 is 11.7 Å². The Labute approximate surface area is 140 Å². The van der Waals surface area contributed by atoms with Gasteiger partial charge in [0.05, 0.1) is 0 Å². The molecule has 0 unspecified atom stereocenters. The van der Waals surface area contributed by atoms with E-state index in [-0.39, 0.29) is 11.7 Å². The summed E-state index contributed by atoms with van der Waals surface area (Å²) in [5, 5.41) is 0.894. The van der Waals surface area contributed by atoms with E-state index in [9.17, 15) is 9.59 Å². The van der Waals surface area contributed by atoms with E-state index in [1.54, 1.807) is 11.0 Å². The predicted octanol–water partition coefficient (Wildman–Crippen LogP) is 2.85. The highest BCUT2D eigenvalue weighted by Crippen LogP contribution is 2.22. The Morgan fingerprint density at radius 1 is 1.08 bits per heavy atom. The second kappa shape index (κ2) is 6.19. The minimum Gasteiger partial charge on any atom is -0.444 e. The van der Waals surface area contributed by atoms with Gasteiger partial charge in [-0.05, 0) is 39.0 Å². The smallest absolute Gasteiger partial charge is 0.410 e. The number of amides is 1. The molecule has 0 spiro atoms. The molecular formula is C18H22N2O4. The van der Waals surface area contributed by atoms with E-state index >= 15 is 0 Å². The number of benzene rings is 1. The van der Waals surface area contributed by atoms with Crippen LogP contribution in [-0.4, -0.2) is 42.8 Å². The van der Waals surface area contributed by atoms with E-state index in [2.05, 4.69) is 4.90 Å². The fourth-order valence-electron chi connectivity index (χ4n) is 2.72. The number of hydrogen-bond acceptors (Lipinski definition) is 5. The van der Waals surface area contributed by atoms with Gasteiger partial charge in [0.15, 0.2) is 0 Å². The molecule has 0 saturated carbocycles. The molecule has 128 valence electrons. The molecular weight excluding hydrogens is 308 g/mol. The zero-order chi connectivity index (χ0) is 17.3. The lowest BCUT2D eigenvalue weighted by molar-refractivity contribution is 0.0240. The molecule has 1 saturated heterocycles. The molecule has 2 heterocycles. The van der Waals surface area contributed by atoms with Gasteiger partial charge in [-0.25, -0.2) is 9.59 Å². The summed E-state index contributed by atoms with van der Waals surface area (Å²) in [5.41, 5.74) is 0.731. The molecule has 0 N–H and O–H groups in total. The number of anilines is 1. The quantitative estimate of drug-likeness (QED) is 0.752. The Balaban J connectivity index is 1.68. The van der Waals surface area contributed by atoms with Crippen LogP contribution in [0.25, 0.3) is 11.0 Å². The first-order valence-electron chi connectivity index (χ1n) is 8.09. The standard InChI is InChI=1S/C18H22N2O4/c1-18(2,3)24-17(22)20-10-8-19(9-11-20)14-6-4-13-5-7-16(21)23-15(13)12-14/h4-7,12H,8-11H2,1-3H3. The summed E-state index contributed by atoms with van der Waals surface area (Å²) in [6.45, 7) is 8.22. The van der Waals surface area contributed by atoms with Crippen molar-refractivity contribution >= 4 is 22.7 Å². The number of hydrogen-bond donors (Lipinski definition) is 0. The van der Waals surface area contributed by atoms with Crippen LogP contribution in [0.4, 0.5) is 10.5 Å². The zero-order valence-electron chi connectivity index (χ0n) is 14.2. The van der Waals surface area contributed by atoms with Gasteiger partial charge in [0.25, 0.3) is 0 Å². The lowest BCUT2D eigenvalue weighted by atomic mass is 10.2. The monoisotopic (exact) mass is 330 g/mol. The van der Waals surface area contributed by atoms with Crippen molar-refractivity contribution in [3.63, 3.8) is 0 Å². The summed E-state index contributed by atoms with van der Waals surface area (Å²) in [7, 11) is 0. The predicted molar refractivity (Wildman–Crippen MR) is 92.5 cm³/mol. The summed E-state index contributed by atoms with van der Waals surface area (Å²) in [4.78, 5) is 27.4. The summed E-state index contributed by atoms with van der Waals surface area (Å²) in [6.07, 6.45) is -0.272. The molecule has 1 aliphatic heterocycles. The number of piperazine rings is 1. The van der Waals surface area contributed by atoms with Crippen LogP contribution in [0.2, 0.25) is 0 Å². The second-order valence-electron chi connectivity index (χ2n) is 6.93. The molecule has 0 atom stereocenters. The topological polar surface area (TPSA) is 63.0 Å². The van der Waals surface area contributed by atoms with Crippen LogP contribution in [0.15, 0.2) is 39.5 Å². The summed E-state index contributed by atoms with van der Waals surface area (Å²) in [6, 6.07) is 8.99. The largest absolute Gasteiger partial charge is 0.444 e. The molecule has 6 nitrogen and oxygen atoms in total. The van der Waals surface area contributed by atoms with Crippen molar-refractivity contribution in [3.8, 4) is 0 Å². The fourth-order valence-corrected chi connectivity index (χ4v) is 2.72. The normalized spacial score (nSPS) is 15.6. The minimum atomic E-state index is -0.482. The SMILES string of the molecule is CC(C)(C)OC(=O)N1CCN(c2ccc3ccc(=O)oc3c2)CC1. The van der Waals surface area contributed by atoms with Gasteiger partial charge in [-0.15, -0.1) is 0 Å². The number of carbonyl (C=O) groups excluding carboxylic acids is 1. The van der Waals surface area contributed by atoms with Crippen LogP contribution in [0.5, 0.6) is 0 Å². The highest BCUT2D eigenvalue weighted by Gasteiger charge is 2.26. The summed E-state index contributed by atoms with van der Waals surface area (Å²) < 4.78 is 10.6. The van der Waals surface area contributed by atoms with Crippen LogP contribution >= 0.6 is 0 Å². The average Bonchev–Trinajstić information content (AvgIpc) is 2.52. The highest BCUT2D eigenvalue weighted by molar-refractivity contribution is 5.80. The third kappa shape index (κ3) is 3.69. The molecule has 24 heavy (non-hydrogen) atoms. The van der Waals surface area contributed by atoms with Crippen LogP contribution in [0, 0.1) is 0 Å². The average molecular weight is 330 g/mol. The van der Waals surface area contributed by atoms with E-state index in [4.69, 9.17) is 9.15 Å². The van der Waals surface area contributed by atoms with Crippen molar-refractivity contribution in [2.24, 2.45) is 0 Å². The van der Waals surface area contributed by atoms with Crippen LogP contribution in [0.1, 0.15) is 20.8 Å². The summed E-state index contributed by atoms with van der Waals surface area (Å²) in [5.74, 6) is 0. The molecule has 0 radical (unpaired) electrons. The van der Waals surface area contributed by atoms with Gasteiger partial charge in [0.1, 0.15) is 11.2 Å². The Morgan fingerprint density at radius 3 is 2.42 bits per heavy atom. The van der Waals surface area contributed by atoms with Gasteiger partial charge in [-0.2, -0.15) is 0 Å². The molecule has 1 aromatic carbocycles. The Morgan fingerprint density at radius 2 is 1.75 bits per heavy atom. The molecule has 0 aliphatic carbocycles. The first-order valence-corrected chi connectivity index (χ1v) is 8.09. The first kappa shape index (κ1) is 16.4. The molecule has 2 aromatic rings. The molecule has 6 heteroatoms. The molecule has 3 rings (SSSR count). The van der Waals surface area contributed by atoms with Crippen molar-refractivity contribution in [1.82, 2.24) is 4.90 Å². The Bertz CT molecular complexity index is 799. The van der Waals surface area contributed by atoms with E-state index in [0.29, 0.717) is 31.8 Å².